The number of non-ortho nitro benzene ring substituents is 1. The van der Waals surface area contributed by atoms with E-state index in [2.05, 4.69) is 20.9 Å². The number of hydrogen-bond donors (Lipinski definition) is 0. The number of benzene rings is 2. The van der Waals surface area contributed by atoms with Gasteiger partial charge in [0.05, 0.1) is 26.8 Å². The van der Waals surface area contributed by atoms with Crippen molar-refractivity contribution >= 4 is 32.7 Å². The van der Waals surface area contributed by atoms with Crippen molar-refractivity contribution < 1.29 is 9.66 Å². The number of rotatable bonds is 3. The lowest BCUT2D eigenvalue weighted by Crippen LogP contribution is -1.90. The zero-order chi connectivity index (χ0) is 15.0. The number of nitro groups is 1. The Balaban J connectivity index is 1.92. The number of ether oxygens (including phenoxy) is 1. The fourth-order valence-electron chi connectivity index (χ4n) is 1.99. The van der Waals surface area contributed by atoms with Gasteiger partial charge in [-0.3, -0.25) is 10.1 Å². The Morgan fingerprint density at radius 2 is 2.10 bits per heavy atom. The molecule has 0 N–H and O–H groups in total. The van der Waals surface area contributed by atoms with Gasteiger partial charge in [0.25, 0.3) is 5.69 Å². The summed E-state index contributed by atoms with van der Waals surface area (Å²) in [4.78, 5) is 14.5. The van der Waals surface area contributed by atoms with Crippen molar-refractivity contribution in [2.75, 3.05) is 0 Å². The summed E-state index contributed by atoms with van der Waals surface area (Å²) in [6, 6.07) is 9.94. The van der Waals surface area contributed by atoms with Gasteiger partial charge in [-0.1, -0.05) is 0 Å². The van der Waals surface area contributed by atoms with Crippen LogP contribution >= 0.6 is 15.9 Å². The number of fused-ring (bicyclic) bond motifs is 1. The van der Waals surface area contributed by atoms with Gasteiger partial charge in [-0.05, 0) is 34.1 Å². The normalized spacial score (nSPS) is 10.8. The van der Waals surface area contributed by atoms with Gasteiger partial charge in [-0.15, -0.1) is 0 Å². The second-order valence-electron chi connectivity index (χ2n) is 4.48. The molecule has 0 saturated heterocycles. The fourth-order valence-corrected chi connectivity index (χ4v) is 2.44. The predicted octanol–water partition coefficient (Wildman–Crippen LogP) is 4.04. The molecule has 3 rings (SSSR count). The van der Waals surface area contributed by atoms with E-state index in [-0.39, 0.29) is 5.69 Å². The van der Waals surface area contributed by atoms with Crippen LogP contribution in [-0.2, 0) is 7.05 Å². The average molecular weight is 348 g/mol. The van der Waals surface area contributed by atoms with Gasteiger partial charge in [-0.25, -0.2) is 4.98 Å². The number of aromatic nitrogens is 2. The number of nitro benzene ring substituents is 1. The maximum atomic E-state index is 10.7. The first-order chi connectivity index (χ1) is 10.0. The van der Waals surface area contributed by atoms with Gasteiger partial charge in [0.2, 0.25) is 0 Å². The highest BCUT2D eigenvalue weighted by Gasteiger charge is 2.11. The van der Waals surface area contributed by atoms with Crippen molar-refractivity contribution in [2.45, 2.75) is 0 Å². The van der Waals surface area contributed by atoms with E-state index in [0.717, 1.165) is 11.0 Å². The number of imidazole rings is 1. The van der Waals surface area contributed by atoms with Crippen molar-refractivity contribution in [1.29, 1.82) is 0 Å². The average Bonchev–Trinajstić information content (AvgIpc) is 2.82. The van der Waals surface area contributed by atoms with Crippen LogP contribution in [-0.4, -0.2) is 14.5 Å². The summed E-state index contributed by atoms with van der Waals surface area (Å²) in [6.07, 6.45) is 1.73. The van der Waals surface area contributed by atoms with Crippen LogP contribution in [0.3, 0.4) is 0 Å². The standard InChI is InChI=1S/C14H10BrN3O3/c1-17-8-16-12-7-10(3-4-13(12)17)21-14-5-2-9(18(19)20)6-11(14)15/h2-8H,1H3. The molecule has 1 aromatic heterocycles. The molecule has 0 radical (unpaired) electrons. The summed E-state index contributed by atoms with van der Waals surface area (Å²) in [5.41, 5.74) is 1.84. The Kier molecular flexibility index (Phi) is 3.34. The molecule has 106 valence electrons. The van der Waals surface area contributed by atoms with Crippen molar-refractivity contribution in [2.24, 2.45) is 7.05 Å². The lowest BCUT2D eigenvalue weighted by atomic mass is 10.3. The highest BCUT2D eigenvalue weighted by atomic mass is 79.9. The maximum absolute atomic E-state index is 10.7. The summed E-state index contributed by atoms with van der Waals surface area (Å²) in [7, 11) is 1.92. The Morgan fingerprint density at radius 3 is 2.81 bits per heavy atom. The van der Waals surface area contributed by atoms with E-state index >= 15 is 0 Å². The first kappa shape index (κ1) is 13.6. The third-order valence-corrected chi connectivity index (χ3v) is 3.67. The molecule has 6 nitrogen and oxygen atoms in total. The van der Waals surface area contributed by atoms with Crippen molar-refractivity contribution in [3.8, 4) is 11.5 Å². The van der Waals surface area contributed by atoms with Gasteiger partial charge in [0, 0.05) is 25.2 Å². The third-order valence-electron chi connectivity index (χ3n) is 3.05. The summed E-state index contributed by atoms with van der Waals surface area (Å²) < 4.78 is 8.19. The zero-order valence-corrected chi connectivity index (χ0v) is 12.6. The molecule has 0 aliphatic heterocycles. The minimum absolute atomic E-state index is 0.00871. The molecule has 0 spiro atoms. The van der Waals surface area contributed by atoms with Crippen molar-refractivity contribution in [1.82, 2.24) is 9.55 Å². The topological polar surface area (TPSA) is 70.2 Å². The van der Waals surface area contributed by atoms with Crippen LogP contribution in [0.15, 0.2) is 47.2 Å². The second kappa shape index (κ2) is 5.17. The maximum Gasteiger partial charge on any atom is 0.270 e. The molecule has 0 bridgehead atoms. The monoisotopic (exact) mass is 347 g/mol. The SMILES string of the molecule is Cn1cnc2cc(Oc3ccc([N+](=O)[O-])cc3Br)ccc21. The van der Waals surface area contributed by atoms with Crippen LogP contribution in [0, 0.1) is 10.1 Å². The summed E-state index contributed by atoms with van der Waals surface area (Å²) in [5.74, 6) is 1.13. The van der Waals surface area contributed by atoms with Crippen LogP contribution in [0.1, 0.15) is 0 Å². The molecule has 0 unspecified atom stereocenters. The highest BCUT2D eigenvalue weighted by Crippen LogP contribution is 2.33. The van der Waals surface area contributed by atoms with E-state index in [4.69, 9.17) is 4.74 Å². The van der Waals surface area contributed by atoms with E-state index < -0.39 is 4.92 Å². The molecule has 7 heteroatoms. The molecule has 1 heterocycles. The quantitative estimate of drug-likeness (QED) is 0.529. The van der Waals surface area contributed by atoms with E-state index in [1.165, 1.54) is 12.1 Å². The molecule has 21 heavy (non-hydrogen) atoms. The van der Waals surface area contributed by atoms with E-state index in [0.29, 0.717) is 16.0 Å². The minimum Gasteiger partial charge on any atom is -0.456 e. The van der Waals surface area contributed by atoms with Gasteiger partial charge in [0.1, 0.15) is 11.5 Å². The molecule has 0 aliphatic carbocycles. The first-order valence-corrected chi connectivity index (χ1v) is 6.87. The van der Waals surface area contributed by atoms with Crippen molar-refractivity contribution in [3.63, 3.8) is 0 Å². The Labute approximate surface area is 128 Å². The molecule has 0 fully saturated rings. The molecule has 0 atom stereocenters. The van der Waals surface area contributed by atoms with Crippen molar-refractivity contribution in [3.05, 3.63) is 57.3 Å². The van der Waals surface area contributed by atoms with Crippen LogP contribution in [0.4, 0.5) is 5.69 Å². The number of aryl methyl sites for hydroxylation is 1. The third kappa shape index (κ3) is 2.59. The molecular formula is C14H10BrN3O3. The van der Waals surface area contributed by atoms with Gasteiger partial charge >= 0.3 is 0 Å². The largest absolute Gasteiger partial charge is 0.456 e. The van der Waals surface area contributed by atoms with Crippen LogP contribution in [0.25, 0.3) is 11.0 Å². The van der Waals surface area contributed by atoms with Crippen LogP contribution in [0.2, 0.25) is 0 Å². The highest BCUT2D eigenvalue weighted by molar-refractivity contribution is 9.10. The minimum atomic E-state index is -0.450. The van der Waals surface area contributed by atoms with Crippen LogP contribution < -0.4 is 4.74 Å². The van der Waals surface area contributed by atoms with E-state index in [9.17, 15) is 10.1 Å². The van der Waals surface area contributed by atoms with Gasteiger partial charge in [-0.2, -0.15) is 0 Å². The van der Waals surface area contributed by atoms with Gasteiger partial charge in [0.15, 0.2) is 0 Å². The smallest absolute Gasteiger partial charge is 0.270 e. The second-order valence-corrected chi connectivity index (χ2v) is 5.33. The van der Waals surface area contributed by atoms with Crippen LogP contribution in [0.5, 0.6) is 11.5 Å². The first-order valence-electron chi connectivity index (χ1n) is 6.07. The predicted molar refractivity (Wildman–Crippen MR) is 81.6 cm³/mol. The molecule has 0 aliphatic rings. The molecular weight excluding hydrogens is 338 g/mol. The molecule has 3 aromatic rings. The fraction of sp³-hybridized carbons (Fsp3) is 0.0714. The van der Waals surface area contributed by atoms with E-state index in [1.54, 1.807) is 12.4 Å². The Bertz CT molecular complexity index is 845. The molecule has 0 saturated carbocycles. The molecule has 2 aromatic carbocycles. The molecule has 0 amide bonds. The number of hydrogen-bond acceptors (Lipinski definition) is 4. The lowest BCUT2D eigenvalue weighted by molar-refractivity contribution is -0.384. The summed E-state index contributed by atoms with van der Waals surface area (Å²) in [5, 5.41) is 10.7. The number of halogens is 1. The summed E-state index contributed by atoms with van der Waals surface area (Å²) >= 11 is 3.28. The van der Waals surface area contributed by atoms with E-state index in [1.807, 2.05) is 29.8 Å². The summed E-state index contributed by atoms with van der Waals surface area (Å²) in [6.45, 7) is 0. The Hall–Kier alpha value is -2.41. The Morgan fingerprint density at radius 1 is 1.29 bits per heavy atom. The van der Waals surface area contributed by atoms with Gasteiger partial charge < -0.3 is 9.30 Å². The number of nitrogens with zero attached hydrogens (tertiary/aromatic N) is 3. The zero-order valence-electron chi connectivity index (χ0n) is 11.0. The lowest BCUT2D eigenvalue weighted by Gasteiger charge is -2.07.